The standard InChI is InChI=1S/C16H27NO2/c1-15(2)11-6-8-16(15,3)13(10-11)19-14(18)7-9-17-12-4-5-12/h11-13,17H,4-10H2,1-3H3. The van der Waals surface area contributed by atoms with Gasteiger partial charge in [-0.3, -0.25) is 4.79 Å². The van der Waals surface area contributed by atoms with Gasteiger partial charge in [-0.05, 0) is 43.4 Å². The normalized spacial score (nSPS) is 39.5. The summed E-state index contributed by atoms with van der Waals surface area (Å²) in [6.45, 7) is 7.81. The van der Waals surface area contributed by atoms with Crippen molar-refractivity contribution in [3.05, 3.63) is 0 Å². The third-order valence-electron chi connectivity index (χ3n) is 6.33. The smallest absolute Gasteiger partial charge is 0.307 e. The summed E-state index contributed by atoms with van der Waals surface area (Å²) >= 11 is 0. The maximum absolute atomic E-state index is 12.0. The van der Waals surface area contributed by atoms with Crippen LogP contribution >= 0.6 is 0 Å². The van der Waals surface area contributed by atoms with Crippen LogP contribution in [0.3, 0.4) is 0 Å². The summed E-state index contributed by atoms with van der Waals surface area (Å²) in [5.41, 5.74) is 0.515. The zero-order valence-electron chi connectivity index (χ0n) is 12.5. The van der Waals surface area contributed by atoms with Crippen LogP contribution in [-0.4, -0.2) is 24.7 Å². The van der Waals surface area contributed by atoms with Gasteiger partial charge in [0.05, 0.1) is 6.42 Å². The van der Waals surface area contributed by atoms with Crippen molar-refractivity contribution in [2.24, 2.45) is 16.7 Å². The van der Waals surface area contributed by atoms with Gasteiger partial charge in [-0.2, -0.15) is 0 Å². The van der Waals surface area contributed by atoms with E-state index < -0.39 is 0 Å². The molecule has 3 atom stereocenters. The number of nitrogens with one attached hydrogen (secondary N) is 1. The molecule has 3 aliphatic rings. The molecule has 3 nitrogen and oxygen atoms in total. The number of esters is 1. The number of carbonyl (C=O) groups excluding carboxylic acids is 1. The second-order valence-electron chi connectivity index (χ2n) is 7.57. The largest absolute Gasteiger partial charge is 0.462 e. The maximum Gasteiger partial charge on any atom is 0.307 e. The lowest BCUT2D eigenvalue weighted by Crippen LogP contribution is -2.38. The summed E-state index contributed by atoms with van der Waals surface area (Å²) in [5.74, 6) is 0.725. The van der Waals surface area contributed by atoms with Crippen molar-refractivity contribution in [2.45, 2.75) is 71.4 Å². The SMILES string of the molecule is CC1(C)C2CCC1(C)C(OC(=O)CCNC1CC1)C2. The average molecular weight is 265 g/mol. The highest BCUT2D eigenvalue weighted by molar-refractivity contribution is 5.70. The van der Waals surface area contributed by atoms with E-state index in [-0.39, 0.29) is 17.5 Å². The Balaban J connectivity index is 1.51. The quantitative estimate of drug-likeness (QED) is 0.777. The number of hydrogen-bond donors (Lipinski definition) is 1. The van der Waals surface area contributed by atoms with Crippen molar-refractivity contribution in [3.8, 4) is 0 Å². The van der Waals surface area contributed by atoms with E-state index in [2.05, 4.69) is 26.1 Å². The van der Waals surface area contributed by atoms with Gasteiger partial charge in [0.25, 0.3) is 0 Å². The van der Waals surface area contributed by atoms with Crippen molar-refractivity contribution in [1.82, 2.24) is 5.32 Å². The highest BCUT2D eigenvalue weighted by atomic mass is 16.5. The molecule has 1 N–H and O–H groups in total. The molecule has 3 rings (SSSR count). The molecule has 0 heterocycles. The van der Waals surface area contributed by atoms with E-state index in [1.165, 1.54) is 25.7 Å². The maximum atomic E-state index is 12.0. The Labute approximate surface area is 116 Å². The first-order valence-electron chi connectivity index (χ1n) is 7.86. The lowest BCUT2D eigenvalue weighted by molar-refractivity contribution is -0.156. The van der Waals surface area contributed by atoms with Gasteiger partial charge in [0.2, 0.25) is 0 Å². The van der Waals surface area contributed by atoms with Crippen molar-refractivity contribution >= 4 is 5.97 Å². The fourth-order valence-electron chi connectivity index (χ4n) is 4.19. The van der Waals surface area contributed by atoms with Crippen LogP contribution in [0.2, 0.25) is 0 Å². The minimum Gasteiger partial charge on any atom is -0.462 e. The minimum absolute atomic E-state index is 0.0114. The topological polar surface area (TPSA) is 38.3 Å². The average Bonchev–Trinajstić information content (AvgIpc) is 3.09. The molecule has 0 saturated heterocycles. The number of hydrogen-bond acceptors (Lipinski definition) is 3. The van der Waals surface area contributed by atoms with Gasteiger partial charge in [-0.25, -0.2) is 0 Å². The minimum atomic E-state index is -0.0114. The molecule has 3 unspecified atom stereocenters. The Bertz CT molecular complexity index is 375. The molecule has 0 radical (unpaired) electrons. The zero-order chi connectivity index (χ0) is 13.7. The summed E-state index contributed by atoms with van der Waals surface area (Å²) < 4.78 is 5.81. The first-order valence-corrected chi connectivity index (χ1v) is 7.86. The van der Waals surface area contributed by atoms with E-state index in [1.807, 2.05) is 0 Å². The van der Waals surface area contributed by atoms with Crippen LogP contribution in [0.15, 0.2) is 0 Å². The molecule has 0 spiro atoms. The lowest BCUT2D eigenvalue weighted by Gasteiger charge is -2.38. The molecule has 3 fully saturated rings. The van der Waals surface area contributed by atoms with Gasteiger partial charge < -0.3 is 10.1 Å². The van der Waals surface area contributed by atoms with Crippen LogP contribution in [-0.2, 0) is 9.53 Å². The molecule has 0 aromatic carbocycles. The Morgan fingerprint density at radius 1 is 1.26 bits per heavy atom. The molecule has 108 valence electrons. The highest BCUT2D eigenvalue weighted by Crippen LogP contribution is 2.66. The zero-order valence-corrected chi connectivity index (χ0v) is 12.5. The highest BCUT2D eigenvalue weighted by Gasteiger charge is 2.62. The molecular formula is C16H27NO2. The summed E-state index contributed by atoms with van der Waals surface area (Å²) in [6.07, 6.45) is 6.80. The van der Waals surface area contributed by atoms with E-state index in [0.29, 0.717) is 17.9 Å². The van der Waals surface area contributed by atoms with Gasteiger partial charge in [0.15, 0.2) is 0 Å². The second kappa shape index (κ2) is 4.47. The Hall–Kier alpha value is -0.570. The molecule has 3 aliphatic carbocycles. The van der Waals surface area contributed by atoms with Crippen LogP contribution in [0.25, 0.3) is 0 Å². The molecule has 2 bridgehead atoms. The Morgan fingerprint density at radius 2 is 2.00 bits per heavy atom. The van der Waals surface area contributed by atoms with Crippen LogP contribution in [0, 0.1) is 16.7 Å². The Kier molecular flexibility index (Phi) is 3.16. The monoisotopic (exact) mass is 265 g/mol. The van der Waals surface area contributed by atoms with Gasteiger partial charge in [0, 0.05) is 18.0 Å². The first-order chi connectivity index (χ1) is 8.93. The van der Waals surface area contributed by atoms with E-state index in [9.17, 15) is 4.79 Å². The van der Waals surface area contributed by atoms with Gasteiger partial charge in [-0.15, -0.1) is 0 Å². The van der Waals surface area contributed by atoms with E-state index in [0.717, 1.165) is 18.9 Å². The summed E-state index contributed by atoms with van der Waals surface area (Å²) in [6, 6.07) is 0.673. The van der Waals surface area contributed by atoms with Gasteiger partial charge in [0.1, 0.15) is 6.10 Å². The molecule has 3 saturated carbocycles. The number of fused-ring (bicyclic) bond motifs is 2. The van der Waals surface area contributed by atoms with Crippen LogP contribution in [0.5, 0.6) is 0 Å². The lowest BCUT2D eigenvalue weighted by atomic mass is 9.70. The second-order valence-corrected chi connectivity index (χ2v) is 7.57. The van der Waals surface area contributed by atoms with Crippen molar-refractivity contribution in [3.63, 3.8) is 0 Å². The summed E-state index contributed by atoms with van der Waals surface area (Å²) in [7, 11) is 0. The number of rotatable bonds is 5. The molecule has 3 heteroatoms. The molecule has 19 heavy (non-hydrogen) atoms. The molecule has 0 aliphatic heterocycles. The predicted molar refractivity (Wildman–Crippen MR) is 74.8 cm³/mol. The third kappa shape index (κ3) is 2.20. The van der Waals surface area contributed by atoms with Gasteiger partial charge >= 0.3 is 5.97 Å². The van der Waals surface area contributed by atoms with Crippen LogP contribution < -0.4 is 5.32 Å². The van der Waals surface area contributed by atoms with E-state index >= 15 is 0 Å². The Morgan fingerprint density at radius 3 is 2.53 bits per heavy atom. The van der Waals surface area contributed by atoms with Gasteiger partial charge in [-0.1, -0.05) is 20.8 Å². The first kappa shape index (κ1) is 13.4. The molecule has 0 aromatic rings. The number of ether oxygens (including phenoxy) is 1. The van der Waals surface area contributed by atoms with Crippen molar-refractivity contribution in [2.75, 3.05) is 6.54 Å². The van der Waals surface area contributed by atoms with Crippen LogP contribution in [0.1, 0.15) is 59.3 Å². The summed E-state index contributed by atoms with van der Waals surface area (Å²) in [5, 5.41) is 3.37. The van der Waals surface area contributed by atoms with Crippen LogP contribution in [0.4, 0.5) is 0 Å². The third-order valence-corrected chi connectivity index (χ3v) is 6.33. The van der Waals surface area contributed by atoms with Crippen molar-refractivity contribution in [1.29, 1.82) is 0 Å². The van der Waals surface area contributed by atoms with E-state index in [1.54, 1.807) is 0 Å². The molecular weight excluding hydrogens is 238 g/mol. The molecule has 0 amide bonds. The fourth-order valence-corrected chi connectivity index (χ4v) is 4.19. The summed E-state index contributed by atoms with van der Waals surface area (Å²) in [4.78, 5) is 12.0. The predicted octanol–water partition coefficient (Wildman–Crippen LogP) is 2.89. The van der Waals surface area contributed by atoms with Crippen molar-refractivity contribution < 1.29 is 9.53 Å². The molecule has 0 aromatic heterocycles. The number of carbonyl (C=O) groups is 1. The fraction of sp³-hybridized carbons (Fsp3) is 0.938. The van der Waals surface area contributed by atoms with E-state index in [4.69, 9.17) is 4.74 Å².